The topological polar surface area (TPSA) is 46.2 Å². The molecule has 2 nitrogen and oxygen atoms in total. The van der Waals surface area contributed by atoms with Gasteiger partial charge in [0.1, 0.15) is 0 Å². The minimum atomic E-state index is -1.51. The molecule has 1 aliphatic rings. The van der Waals surface area contributed by atoms with E-state index in [4.69, 9.17) is 5.73 Å². The van der Waals surface area contributed by atoms with E-state index in [1.165, 1.54) is 0 Å². The summed E-state index contributed by atoms with van der Waals surface area (Å²) < 4.78 is 38.8. The molecule has 0 spiro atoms. The average Bonchev–Trinajstić information content (AvgIpc) is 2.21. The summed E-state index contributed by atoms with van der Waals surface area (Å²) in [6, 6.07) is 0.792. The monoisotopic (exact) mass is 245 g/mol. The fraction of sp³-hybridized carbons (Fsp3) is 0.500. The van der Waals surface area contributed by atoms with E-state index < -0.39 is 29.6 Å². The highest BCUT2D eigenvalue weighted by atomic mass is 19.2. The minimum absolute atomic E-state index is 0.0705. The standard InChI is InChI=1S/C12H14F3NO/c13-8-4-7(5-9(14)10(8)15)11(16)12(17)6-2-1-3-6/h4-6,11-12,17H,1-3,16H2/t11-,12+/m0/s1. The third-order valence-corrected chi connectivity index (χ3v) is 3.39. The Kier molecular flexibility index (Phi) is 3.40. The molecule has 1 fully saturated rings. The van der Waals surface area contributed by atoms with Crippen LogP contribution >= 0.6 is 0 Å². The van der Waals surface area contributed by atoms with Gasteiger partial charge in [0.05, 0.1) is 12.1 Å². The lowest BCUT2D eigenvalue weighted by Crippen LogP contribution is -2.36. The Hall–Kier alpha value is -1.07. The molecule has 0 aliphatic heterocycles. The summed E-state index contributed by atoms with van der Waals surface area (Å²) in [7, 11) is 0. The fourth-order valence-electron chi connectivity index (χ4n) is 2.04. The van der Waals surface area contributed by atoms with Gasteiger partial charge in [0.2, 0.25) is 0 Å². The van der Waals surface area contributed by atoms with Crippen LogP contribution in [0, 0.1) is 23.4 Å². The van der Waals surface area contributed by atoms with Crippen LogP contribution in [0.4, 0.5) is 13.2 Å². The van der Waals surface area contributed by atoms with Gasteiger partial charge in [-0.05, 0) is 36.5 Å². The van der Waals surface area contributed by atoms with Crippen LogP contribution in [-0.2, 0) is 0 Å². The van der Waals surface area contributed by atoms with Crippen LogP contribution in [0.2, 0.25) is 0 Å². The van der Waals surface area contributed by atoms with Crippen molar-refractivity contribution in [1.82, 2.24) is 0 Å². The summed E-state index contributed by atoms with van der Waals surface area (Å²) in [5.74, 6) is -4.01. The van der Waals surface area contributed by atoms with E-state index in [0.29, 0.717) is 0 Å². The van der Waals surface area contributed by atoms with Crippen molar-refractivity contribution < 1.29 is 18.3 Å². The number of hydrogen-bond acceptors (Lipinski definition) is 2. The SMILES string of the molecule is N[C@@H](c1cc(F)c(F)c(F)c1)[C@H](O)C1CCC1. The van der Waals surface area contributed by atoms with Crippen molar-refractivity contribution in [3.63, 3.8) is 0 Å². The normalized spacial score (nSPS) is 19.8. The first kappa shape index (κ1) is 12.4. The molecular weight excluding hydrogens is 231 g/mol. The van der Waals surface area contributed by atoms with E-state index in [9.17, 15) is 18.3 Å². The van der Waals surface area contributed by atoms with E-state index in [1.807, 2.05) is 0 Å². The van der Waals surface area contributed by atoms with Gasteiger partial charge in [0.15, 0.2) is 17.5 Å². The van der Waals surface area contributed by atoms with Crippen molar-refractivity contribution >= 4 is 0 Å². The molecule has 1 saturated carbocycles. The molecule has 0 heterocycles. The third-order valence-electron chi connectivity index (χ3n) is 3.39. The summed E-state index contributed by atoms with van der Waals surface area (Å²) in [6.45, 7) is 0. The van der Waals surface area contributed by atoms with E-state index in [2.05, 4.69) is 0 Å². The molecule has 0 unspecified atom stereocenters. The average molecular weight is 245 g/mol. The van der Waals surface area contributed by atoms with E-state index in [0.717, 1.165) is 31.4 Å². The van der Waals surface area contributed by atoms with Crippen molar-refractivity contribution in [2.24, 2.45) is 11.7 Å². The van der Waals surface area contributed by atoms with Gasteiger partial charge in [-0.15, -0.1) is 0 Å². The van der Waals surface area contributed by atoms with Gasteiger partial charge in [-0.1, -0.05) is 6.42 Å². The first-order valence-corrected chi connectivity index (χ1v) is 5.59. The summed E-state index contributed by atoms with van der Waals surface area (Å²) in [4.78, 5) is 0. The van der Waals surface area contributed by atoms with Gasteiger partial charge in [0, 0.05) is 0 Å². The smallest absolute Gasteiger partial charge is 0.194 e. The molecule has 0 bridgehead atoms. The van der Waals surface area contributed by atoms with Crippen LogP contribution in [-0.4, -0.2) is 11.2 Å². The lowest BCUT2D eigenvalue weighted by molar-refractivity contribution is 0.0412. The number of nitrogens with two attached hydrogens (primary N) is 1. The van der Waals surface area contributed by atoms with Crippen molar-refractivity contribution in [2.75, 3.05) is 0 Å². The zero-order valence-corrected chi connectivity index (χ0v) is 9.17. The molecule has 94 valence electrons. The second kappa shape index (κ2) is 4.66. The molecule has 1 aromatic carbocycles. The Labute approximate surface area is 97.2 Å². The Balaban J connectivity index is 2.21. The fourth-order valence-corrected chi connectivity index (χ4v) is 2.04. The molecule has 0 radical (unpaired) electrons. The Bertz CT molecular complexity index is 397. The number of aliphatic hydroxyl groups is 1. The maximum absolute atomic E-state index is 13.0. The zero-order chi connectivity index (χ0) is 12.6. The highest BCUT2D eigenvalue weighted by Crippen LogP contribution is 2.34. The lowest BCUT2D eigenvalue weighted by Gasteiger charge is -2.33. The quantitative estimate of drug-likeness (QED) is 0.802. The first-order chi connectivity index (χ1) is 8.00. The van der Waals surface area contributed by atoms with E-state index in [1.54, 1.807) is 0 Å². The highest BCUT2D eigenvalue weighted by Gasteiger charge is 2.31. The molecule has 2 rings (SSSR count). The van der Waals surface area contributed by atoms with E-state index >= 15 is 0 Å². The largest absolute Gasteiger partial charge is 0.391 e. The second-order valence-corrected chi connectivity index (χ2v) is 4.51. The highest BCUT2D eigenvalue weighted by molar-refractivity contribution is 5.23. The Morgan fingerprint density at radius 2 is 1.71 bits per heavy atom. The molecule has 3 N–H and O–H groups in total. The molecule has 0 aromatic heterocycles. The molecule has 1 aromatic rings. The molecule has 0 saturated heterocycles. The number of hydrogen-bond donors (Lipinski definition) is 2. The third kappa shape index (κ3) is 2.30. The number of aliphatic hydroxyl groups excluding tert-OH is 1. The maximum Gasteiger partial charge on any atom is 0.194 e. The molecule has 17 heavy (non-hydrogen) atoms. The molecule has 0 amide bonds. The van der Waals surface area contributed by atoms with Crippen LogP contribution in [0.3, 0.4) is 0 Å². The number of rotatable bonds is 3. The van der Waals surface area contributed by atoms with Gasteiger partial charge < -0.3 is 10.8 Å². The van der Waals surface area contributed by atoms with E-state index in [-0.39, 0.29) is 11.5 Å². The molecule has 5 heteroatoms. The number of halogens is 3. The van der Waals surface area contributed by atoms with Crippen LogP contribution < -0.4 is 5.73 Å². The van der Waals surface area contributed by atoms with Gasteiger partial charge in [-0.25, -0.2) is 13.2 Å². The number of benzene rings is 1. The van der Waals surface area contributed by atoms with Gasteiger partial charge >= 0.3 is 0 Å². The summed E-state index contributed by atoms with van der Waals surface area (Å²) in [6.07, 6.45) is 1.91. The van der Waals surface area contributed by atoms with Gasteiger partial charge in [-0.2, -0.15) is 0 Å². The molecular formula is C12H14F3NO. The molecule has 1 aliphatic carbocycles. The Morgan fingerprint density at radius 1 is 1.18 bits per heavy atom. The van der Waals surface area contributed by atoms with Crippen LogP contribution in [0.15, 0.2) is 12.1 Å². The van der Waals surface area contributed by atoms with Crippen molar-refractivity contribution in [3.8, 4) is 0 Å². The van der Waals surface area contributed by atoms with Crippen LogP contribution in [0.5, 0.6) is 0 Å². The second-order valence-electron chi connectivity index (χ2n) is 4.51. The van der Waals surface area contributed by atoms with Crippen molar-refractivity contribution in [3.05, 3.63) is 35.1 Å². The first-order valence-electron chi connectivity index (χ1n) is 5.59. The lowest BCUT2D eigenvalue weighted by atomic mass is 9.77. The van der Waals surface area contributed by atoms with Gasteiger partial charge in [-0.3, -0.25) is 0 Å². The Morgan fingerprint density at radius 3 is 2.12 bits per heavy atom. The van der Waals surface area contributed by atoms with Crippen LogP contribution in [0.1, 0.15) is 30.9 Å². The van der Waals surface area contributed by atoms with Crippen LogP contribution in [0.25, 0.3) is 0 Å². The predicted molar refractivity (Wildman–Crippen MR) is 56.6 cm³/mol. The van der Waals surface area contributed by atoms with Gasteiger partial charge in [0.25, 0.3) is 0 Å². The maximum atomic E-state index is 13.0. The summed E-state index contributed by atoms with van der Waals surface area (Å²) >= 11 is 0. The zero-order valence-electron chi connectivity index (χ0n) is 9.17. The minimum Gasteiger partial charge on any atom is -0.391 e. The summed E-state index contributed by atoms with van der Waals surface area (Å²) in [5, 5.41) is 9.88. The summed E-state index contributed by atoms with van der Waals surface area (Å²) in [5.41, 5.74) is 5.82. The van der Waals surface area contributed by atoms with Crippen molar-refractivity contribution in [2.45, 2.75) is 31.4 Å². The van der Waals surface area contributed by atoms with Crippen molar-refractivity contribution in [1.29, 1.82) is 0 Å². The predicted octanol–water partition coefficient (Wildman–Crippen LogP) is 2.26. The molecule has 2 atom stereocenters.